The lowest BCUT2D eigenvalue weighted by atomic mass is 9.96. The first kappa shape index (κ1) is 22.1. The molecule has 30 heavy (non-hydrogen) atoms. The summed E-state index contributed by atoms with van der Waals surface area (Å²) in [5.41, 5.74) is -1.01. The number of halogens is 4. The van der Waals surface area contributed by atoms with E-state index < -0.39 is 22.7 Å². The van der Waals surface area contributed by atoms with E-state index in [2.05, 4.69) is 5.32 Å². The Labute approximate surface area is 176 Å². The third kappa shape index (κ3) is 5.52. The van der Waals surface area contributed by atoms with Gasteiger partial charge in [0, 0.05) is 24.8 Å². The molecule has 2 aromatic rings. The van der Waals surface area contributed by atoms with Gasteiger partial charge in [0.15, 0.2) is 5.78 Å². The van der Waals surface area contributed by atoms with Crippen molar-refractivity contribution in [3.63, 3.8) is 0 Å². The first-order valence-corrected chi connectivity index (χ1v) is 9.64. The Morgan fingerprint density at radius 2 is 1.83 bits per heavy atom. The van der Waals surface area contributed by atoms with Gasteiger partial charge >= 0.3 is 6.18 Å². The van der Waals surface area contributed by atoms with Gasteiger partial charge in [0.1, 0.15) is 12.4 Å². The van der Waals surface area contributed by atoms with Crippen LogP contribution in [0.5, 0.6) is 5.75 Å². The molecule has 0 aliphatic carbocycles. The number of carbonyl (C=O) groups is 2. The molecule has 1 N–H and O–H groups in total. The van der Waals surface area contributed by atoms with Crippen LogP contribution in [0, 0.1) is 5.92 Å². The Hall–Kier alpha value is -2.58. The van der Waals surface area contributed by atoms with Crippen molar-refractivity contribution in [1.82, 2.24) is 0 Å². The Morgan fingerprint density at radius 1 is 1.13 bits per heavy atom. The number of ketones is 1. The molecule has 0 radical (unpaired) electrons. The van der Waals surface area contributed by atoms with Gasteiger partial charge in [0.25, 0.3) is 5.91 Å². The van der Waals surface area contributed by atoms with Crippen LogP contribution in [0.15, 0.2) is 42.5 Å². The number of para-hydroxylation sites is 1. The molecule has 0 saturated carbocycles. The maximum Gasteiger partial charge on any atom is 0.417 e. The van der Waals surface area contributed by atoms with Crippen molar-refractivity contribution in [1.29, 1.82) is 0 Å². The van der Waals surface area contributed by atoms with Crippen molar-refractivity contribution in [2.24, 2.45) is 5.92 Å². The molecule has 0 atom stereocenters. The number of anilines is 1. The highest BCUT2D eigenvalue weighted by atomic mass is 35.5. The molecule has 9 heteroatoms. The summed E-state index contributed by atoms with van der Waals surface area (Å²) < 4.78 is 49.9. The van der Waals surface area contributed by atoms with Crippen molar-refractivity contribution in [2.75, 3.05) is 25.1 Å². The van der Waals surface area contributed by atoms with Gasteiger partial charge in [-0.1, -0.05) is 23.7 Å². The van der Waals surface area contributed by atoms with E-state index in [-0.39, 0.29) is 35.3 Å². The fraction of sp³-hybridized carbons (Fsp3) is 0.333. The first-order valence-electron chi connectivity index (χ1n) is 9.26. The quantitative estimate of drug-likeness (QED) is 0.686. The van der Waals surface area contributed by atoms with Crippen LogP contribution in [0.1, 0.15) is 28.8 Å². The van der Waals surface area contributed by atoms with Crippen LogP contribution in [-0.4, -0.2) is 31.5 Å². The number of Topliss-reactive ketones (excluding diaryl/α,β-unsaturated/α-hetero) is 1. The predicted molar refractivity (Wildman–Crippen MR) is 105 cm³/mol. The second-order valence-electron chi connectivity index (χ2n) is 6.78. The van der Waals surface area contributed by atoms with E-state index in [4.69, 9.17) is 21.1 Å². The molecule has 0 unspecified atom stereocenters. The topological polar surface area (TPSA) is 64.6 Å². The smallest absolute Gasteiger partial charge is 0.417 e. The molecule has 1 amide bonds. The van der Waals surface area contributed by atoms with E-state index in [1.807, 2.05) is 0 Å². The Balaban J connectivity index is 1.70. The van der Waals surface area contributed by atoms with Gasteiger partial charge in [-0.3, -0.25) is 9.59 Å². The second kappa shape index (κ2) is 9.49. The van der Waals surface area contributed by atoms with Crippen molar-refractivity contribution in [3.05, 3.63) is 58.6 Å². The van der Waals surface area contributed by atoms with E-state index in [0.717, 1.165) is 12.1 Å². The zero-order valence-corrected chi connectivity index (χ0v) is 16.6. The standard InChI is InChI=1S/C21H19ClF3NO4/c22-17-6-5-14(11-16(17)21(23,24)25)26-20(28)15-3-1-2-4-19(15)30-12-18(27)13-7-9-29-10-8-13/h1-6,11,13H,7-10,12H2,(H,26,28). The Bertz CT molecular complexity index is 927. The molecule has 1 aliphatic rings. The van der Waals surface area contributed by atoms with Gasteiger partial charge in [-0.15, -0.1) is 0 Å². The normalized spacial score (nSPS) is 14.9. The molecule has 1 heterocycles. The molecule has 1 saturated heterocycles. The fourth-order valence-electron chi connectivity index (χ4n) is 3.09. The van der Waals surface area contributed by atoms with Gasteiger partial charge < -0.3 is 14.8 Å². The number of benzene rings is 2. The molecule has 5 nitrogen and oxygen atoms in total. The van der Waals surface area contributed by atoms with Crippen LogP contribution in [0.4, 0.5) is 18.9 Å². The summed E-state index contributed by atoms with van der Waals surface area (Å²) in [5.74, 6) is -0.726. The van der Waals surface area contributed by atoms with Gasteiger partial charge in [0.2, 0.25) is 0 Å². The van der Waals surface area contributed by atoms with E-state index in [0.29, 0.717) is 26.1 Å². The van der Waals surface area contributed by atoms with E-state index in [1.54, 1.807) is 12.1 Å². The Morgan fingerprint density at radius 3 is 2.53 bits per heavy atom. The minimum atomic E-state index is -4.65. The number of ether oxygens (including phenoxy) is 2. The molecule has 160 valence electrons. The molecule has 1 fully saturated rings. The average Bonchev–Trinajstić information content (AvgIpc) is 2.73. The summed E-state index contributed by atoms with van der Waals surface area (Å²) in [7, 11) is 0. The first-order chi connectivity index (χ1) is 14.3. The highest BCUT2D eigenvalue weighted by molar-refractivity contribution is 6.31. The second-order valence-corrected chi connectivity index (χ2v) is 7.19. The van der Waals surface area contributed by atoms with Gasteiger partial charge in [0.05, 0.1) is 16.1 Å². The predicted octanol–water partition coefficient (Wildman–Crippen LogP) is 4.99. The Kier molecular flexibility index (Phi) is 6.99. The highest BCUT2D eigenvalue weighted by Crippen LogP contribution is 2.36. The molecule has 0 aromatic heterocycles. The summed E-state index contributed by atoms with van der Waals surface area (Å²) >= 11 is 5.60. The zero-order valence-electron chi connectivity index (χ0n) is 15.8. The maximum absolute atomic E-state index is 13.0. The monoisotopic (exact) mass is 441 g/mol. The molecular formula is C21H19ClF3NO4. The molecule has 0 spiro atoms. The van der Waals surface area contributed by atoms with Gasteiger partial charge in [-0.05, 0) is 43.2 Å². The largest absolute Gasteiger partial charge is 0.485 e. The van der Waals surface area contributed by atoms with Crippen LogP contribution in [-0.2, 0) is 15.7 Å². The highest BCUT2D eigenvalue weighted by Gasteiger charge is 2.33. The minimum Gasteiger partial charge on any atom is -0.485 e. The fourth-order valence-corrected chi connectivity index (χ4v) is 3.31. The van der Waals surface area contributed by atoms with Crippen molar-refractivity contribution in [2.45, 2.75) is 19.0 Å². The lowest BCUT2D eigenvalue weighted by molar-refractivity contribution is -0.137. The number of hydrogen-bond donors (Lipinski definition) is 1. The van der Waals surface area contributed by atoms with Crippen molar-refractivity contribution >= 4 is 29.0 Å². The molecule has 1 aliphatic heterocycles. The van der Waals surface area contributed by atoms with E-state index in [1.165, 1.54) is 18.2 Å². The van der Waals surface area contributed by atoms with E-state index in [9.17, 15) is 22.8 Å². The summed E-state index contributed by atoms with van der Waals surface area (Å²) in [5, 5.41) is 1.95. The van der Waals surface area contributed by atoms with Crippen molar-refractivity contribution < 1.29 is 32.2 Å². The molecule has 2 aromatic carbocycles. The molecule has 0 bridgehead atoms. The zero-order chi connectivity index (χ0) is 21.7. The summed E-state index contributed by atoms with van der Waals surface area (Å²) in [6, 6.07) is 9.31. The summed E-state index contributed by atoms with van der Waals surface area (Å²) in [4.78, 5) is 24.9. The maximum atomic E-state index is 13.0. The molecule has 3 rings (SSSR count). The summed E-state index contributed by atoms with van der Waals surface area (Å²) in [6.07, 6.45) is -3.39. The average molecular weight is 442 g/mol. The summed E-state index contributed by atoms with van der Waals surface area (Å²) in [6.45, 7) is 0.848. The number of amides is 1. The lowest BCUT2D eigenvalue weighted by Gasteiger charge is -2.21. The lowest BCUT2D eigenvalue weighted by Crippen LogP contribution is -2.27. The van der Waals surface area contributed by atoms with Gasteiger partial charge in [-0.2, -0.15) is 13.2 Å². The van der Waals surface area contributed by atoms with Crippen LogP contribution in [0.3, 0.4) is 0 Å². The number of rotatable bonds is 6. The van der Waals surface area contributed by atoms with Crippen molar-refractivity contribution in [3.8, 4) is 5.75 Å². The third-order valence-electron chi connectivity index (χ3n) is 4.71. The van der Waals surface area contributed by atoms with Crippen LogP contribution < -0.4 is 10.1 Å². The molecular weight excluding hydrogens is 423 g/mol. The third-order valence-corrected chi connectivity index (χ3v) is 5.04. The van der Waals surface area contributed by atoms with Crippen LogP contribution >= 0.6 is 11.6 Å². The number of alkyl halides is 3. The SMILES string of the molecule is O=C(Nc1ccc(Cl)c(C(F)(F)F)c1)c1ccccc1OCC(=O)C1CCOCC1. The number of carbonyl (C=O) groups excluding carboxylic acids is 2. The van der Waals surface area contributed by atoms with Gasteiger partial charge in [-0.25, -0.2) is 0 Å². The van der Waals surface area contributed by atoms with E-state index >= 15 is 0 Å². The number of nitrogens with one attached hydrogen (secondary N) is 1. The van der Waals surface area contributed by atoms with Crippen LogP contribution in [0.2, 0.25) is 5.02 Å². The van der Waals surface area contributed by atoms with Crippen LogP contribution in [0.25, 0.3) is 0 Å². The number of hydrogen-bond acceptors (Lipinski definition) is 4. The minimum absolute atomic E-state index is 0.0650.